The molecule has 1 atom stereocenters. The lowest BCUT2D eigenvalue weighted by Crippen LogP contribution is -2.50. The lowest BCUT2D eigenvalue weighted by atomic mass is 10.1. The van der Waals surface area contributed by atoms with Gasteiger partial charge in [0, 0.05) is 19.5 Å². The second-order valence-electron chi connectivity index (χ2n) is 5.91. The van der Waals surface area contributed by atoms with Crippen molar-refractivity contribution in [1.29, 1.82) is 0 Å². The summed E-state index contributed by atoms with van der Waals surface area (Å²) in [5, 5.41) is 2.77. The number of ether oxygens (including phenoxy) is 3. The number of amides is 2. The molecule has 1 N–H and O–H groups in total. The zero-order valence-electron chi connectivity index (χ0n) is 13.7. The van der Waals surface area contributed by atoms with E-state index in [0.29, 0.717) is 44.9 Å². The smallest absolute Gasteiger partial charge is 0.245 e. The topological polar surface area (TPSA) is 77.1 Å². The summed E-state index contributed by atoms with van der Waals surface area (Å²) in [6, 6.07) is 5.13. The van der Waals surface area contributed by atoms with E-state index in [1.807, 2.05) is 18.2 Å². The minimum Gasteiger partial charge on any atom is -0.454 e. The third kappa shape index (κ3) is 3.97. The molecule has 1 fully saturated rings. The summed E-state index contributed by atoms with van der Waals surface area (Å²) in [4.78, 5) is 26.1. The summed E-state index contributed by atoms with van der Waals surface area (Å²) in [6.45, 7) is 4.22. The lowest BCUT2D eigenvalue weighted by molar-refractivity contribution is -0.139. The summed E-state index contributed by atoms with van der Waals surface area (Å²) in [7, 11) is 0. The highest BCUT2D eigenvalue weighted by atomic mass is 16.7. The molecule has 2 aliphatic rings. The molecular formula is C17H22N2O5. The van der Waals surface area contributed by atoms with Gasteiger partial charge in [-0.25, -0.2) is 0 Å². The van der Waals surface area contributed by atoms with E-state index in [2.05, 4.69) is 5.32 Å². The molecule has 2 amide bonds. The van der Waals surface area contributed by atoms with Crippen LogP contribution in [-0.4, -0.2) is 55.9 Å². The van der Waals surface area contributed by atoms with E-state index >= 15 is 0 Å². The van der Waals surface area contributed by atoms with Crippen molar-refractivity contribution in [2.24, 2.45) is 0 Å². The van der Waals surface area contributed by atoms with E-state index in [4.69, 9.17) is 14.2 Å². The first-order chi connectivity index (χ1) is 11.6. The van der Waals surface area contributed by atoms with Gasteiger partial charge in [-0.15, -0.1) is 0 Å². The van der Waals surface area contributed by atoms with Gasteiger partial charge in [-0.1, -0.05) is 6.07 Å². The van der Waals surface area contributed by atoms with Crippen LogP contribution in [0.5, 0.6) is 11.5 Å². The Kier molecular flexibility index (Phi) is 5.20. The van der Waals surface area contributed by atoms with Gasteiger partial charge in [0.05, 0.1) is 13.2 Å². The van der Waals surface area contributed by atoms with Gasteiger partial charge in [-0.05, 0) is 31.0 Å². The van der Waals surface area contributed by atoms with E-state index in [0.717, 1.165) is 11.3 Å². The molecule has 0 radical (unpaired) electrons. The molecule has 1 aromatic rings. The summed E-state index contributed by atoms with van der Waals surface area (Å²) >= 11 is 0. The predicted molar refractivity (Wildman–Crippen MR) is 85.9 cm³/mol. The molecule has 24 heavy (non-hydrogen) atoms. The molecule has 0 unspecified atom stereocenters. The van der Waals surface area contributed by atoms with Gasteiger partial charge in [0.25, 0.3) is 0 Å². The van der Waals surface area contributed by atoms with Crippen molar-refractivity contribution in [1.82, 2.24) is 10.2 Å². The van der Waals surface area contributed by atoms with Crippen molar-refractivity contribution in [3.05, 3.63) is 23.8 Å². The van der Waals surface area contributed by atoms with Crippen LogP contribution in [0.4, 0.5) is 0 Å². The second-order valence-corrected chi connectivity index (χ2v) is 5.91. The predicted octanol–water partition coefficient (Wildman–Crippen LogP) is 0.711. The number of morpholine rings is 1. The fourth-order valence-electron chi connectivity index (χ4n) is 2.79. The normalized spacial score (nSPS) is 17.5. The highest BCUT2D eigenvalue weighted by molar-refractivity contribution is 5.87. The van der Waals surface area contributed by atoms with Crippen LogP contribution >= 0.6 is 0 Å². The molecule has 3 rings (SSSR count). The van der Waals surface area contributed by atoms with E-state index in [9.17, 15) is 9.59 Å². The van der Waals surface area contributed by atoms with Crippen LogP contribution in [0.25, 0.3) is 0 Å². The third-order valence-corrected chi connectivity index (χ3v) is 4.15. The van der Waals surface area contributed by atoms with Gasteiger partial charge in [-0.3, -0.25) is 9.59 Å². The molecule has 0 aromatic heterocycles. The number of fused-ring (bicyclic) bond motifs is 1. The van der Waals surface area contributed by atoms with E-state index in [1.165, 1.54) is 0 Å². The van der Waals surface area contributed by atoms with Crippen LogP contribution in [0.15, 0.2) is 18.2 Å². The Morgan fingerprint density at radius 1 is 1.21 bits per heavy atom. The number of aryl methyl sites for hydroxylation is 1. The first kappa shape index (κ1) is 16.6. The molecule has 0 saturated carbocycles. The number of rotatable bonds is 5. The number of carbonyl (C=O) groups is 2. The summed E-state index contributed by atoms with van der Waals surface area (Å²) in [6.07, 6.45) is 0.904. The van der Waals surface area contributed by atoms with Crippen molar-refractivity contribution in [3.63, 3.8) is 0 Å². The molecule has 1 aromatic carbocycles. The summed E-state index contributed by atoms with van der Waals surface area (Å²) in [5.41, 5.74) is 1.00. The Labute approximate surface area is 140 Å². The Bertz CT molecular complexity index is 613. The monoisotopic (exact) mass is 334 g/mol. The number of hydrogen-bond acceptors (Lipinski definition) is 5. The largest absolute Gasteiger partial charge is 0.454 e. The standard InChI is InChI=1S/C17H22N2O5/c1-12(17(21)19-6-8-22-9-7-19)18-16(20)5-3-13-2-4-14-15(10-13)24-11-23-14/h2,4,10,12H,3,5-9,11H2,1H3,(H,18,20)/t12-/m0/s1. The molecule has 130 valence electrons. The van der Waals surface area contributed by atoms with Crippen LogP contribution in [0.3, 0.4) is 0 Å². The maximum Gasteiger partial charge on any atom is 0.245 e. The minimum absolute atomic E-state index is 0.0604. The van der Waals surface area contributed by atoms with E-state index in [1.54, 1.807) is 11.8 Å². The van der Waals surface area contributed by atoms with Crippen molar-refractivity contribution >= 4 is 11.8 Å². The Morgan fingerprint density at radius 3 is 2.75 bits per heavy atom. The van der Waals surface area contributed by atoms with Gasteiger partial charge in [0.15, 0.2) is 11.5 Å². The molecule has 0 spiro atoms. The van der Waals surface area contributed by atoms with Crippen molar-refractivity contribution in [2.45, 2.75) is 25.8 Å². The quantitative estimate of drug-likeness (QED) is 0.858. The number of benzene rings is 1. The average molecular weight is 334 g/mol. The van der Waals surface area contributed by atoms with Crippen molar-refractivity contribution in [2.75, 3.05) is 33.1 Å². The Morgan fingerprint density at radius 2 is 1.96 bits per heavy atom. The van der Waals surface area contributed by atoms with Crippen LogP contribution in [0, 0.1) is 0 Å². The molecule has 2 heterocycles. The summed E-state index contributed by atoms with van der Waals surface area (Å²) < 4.78 is 15.8. The van der Waals surface area contributed by atoms with E-state index in [-0.39, 0.29) is 18.6 Å². The SMILES string of the molecule is C[C@H](NC(=O)CCc1ccc2c(c1)OCO2)C(=O)N1CCOCC1. The first-order valence-electron chi connectivity index (χ1n) is 8.18. The fraction of sp³-hybridized carbons (Fsp3) is 0.529. The minimum atomic E-state index is -0.521. The third-order valence-electron chi connectivity index (χ3n) is 4.15. The molecule has 0 aliphatic carbocycles. The fourth-order valence-corrected chi connectivity index (χ4v) is 2.79. The van der Waals surface area contributed by atoms with Gasteiger partial charge in [0.2, 0.25) is 18.6 Å². The lowest BCUT2D eigenvalue weighted by Gasteiger charge is -2.29. The molecular weight excluding hydrogens is 312 g/mol. The Balaban J connectivity index is 1.45. The molecule has 1 saturated heterocycles. The molecule has 7 heteroatoms. The number of carbonyl (C=O) groups excluding carboxylic acids is 2. The van der Waals surface area contributed by atoms with Crippen molar-refractivity contribution < 1.29 is 23.8 Å². The highest BCUT2D eigenvalue weighted by Crippen LogP contribution is 2.32. The van der Waals surface area contributed by atoms with Crippen molar-refractivity contribution in [3.8, 4) is 11.5 Å². The number of nitrogens with zero attached hydrogens (tertiary/aromatic N) is 1. The van der Waals surface area contributed by atoms with Gasteiger partial charge >= 0.3 is 0 Å². The highest BCUT2D eigenvalue weighted by Gasteiger charge is 2.23. The van der Waals surface area contributed by atoms with Gasteiger partial charge in [-0.2, -0.15) is 0 Å². The van der Waals surface area contributed by atoms with Crippen LogP contribution in [0.1, 0.15) is 18.9 Å². The summed E-state index contributed by atoms with van der Waals surface area (Å²) in [5.74, 6) is 1.24. The first-order valence-corrected chi connectivity index (χ1v) is 8.18. The van der Waals surface area contributed by atoms with E-state index < -0.39 is 6.04 Å². The maximum atomic E-state index is 12.3. The van der Waals surface area contributed by atoms with Gasteiger partial charge in [0.1, 0.15) is 6.04 Å². The van der Waals surface area contributed by atoms with Gasteiger partial charge < -0.3 is 24.4 Å². The average Bonchev–Trinajstić information content (AvgIpc) is 3.07. The number of nitrogens with one attached hydrogen (secondary N) is 1. The second kappa shape index (κ2) is 7.53. The van der Waals surface area contributed by atoms with Crippen LogP contribution in [-0.2, 0) is 20.7 Å². The zero-order chi connectivity index (χ0) is 16.9. The Hall–Kier alpha value is -2.28. The number of hydrogen-bond donors (Lipinski definition) is 1. The zero-order valence-corrected chi connectivity index (χ0v) is 13.7. The van der Waals surface area contributed by atoms with Crippen LogP contribution in [0.2, 0.25) is 0 Å². The molecule has 0 bridgehead atoms. The molecule has 7 nitrogen and oxygen atoms in total. The van der Waals surface area contributed by atoms with Crippen LogP contribution < -0.4 is 14.8 Å². The molecule has 2 aliphatic heterocycles. The maximum absolute atomic E-state index is 12.3.